The molecule has 0 radical (unpaired) electrons. The third kappa shape index (κ3) is 3.05. The first-order chi connectivity index (χ1) is 9.09. The van der Waals surface area contributed by atoms with Crippen LogP contribution in [-0.2, 0) is 4.74 Å². The highest BCUT2D eigenvalue weighted by Crippen LogP contribution is 2.50. The van der Waals surface area contributed by atoms with E-state index in [0.29, 0.717) is 23.3 Å². The highest BCUT2D eigenvalue weighted by molar-refractivity contribution is 5.03. The SMILES string of the molecule is CC1(C)CC(C(NN)C2CCCCC2(C)C)C(C)(C)O1. The van der Waals surface area contributed by atoms with Crippen molar-refractivity contribution in [3.63, 3.8) is 0 Å². The Hall–Kier alpha value is -0.120. The molecule has 3 heteroatoms. The molecule has 118 valence electrons. The fourth-order valence-corrected chi connectivity index (χ4v) is 4.86. The van der Waals surface area contributed by atoms with Crippen molar-refractivity contribution in [3.05, 3.63) is 0 Å². The van der Waals surface area contributed by atoms with Crippen LogP contribution in [0.25, 0.3) is 0 Å². The van der Waals surface area contributed by atoms with Crippen molar-refractivity contribution in [1.82, 2.24) is 5.43 Å². The Labute approximate surface area is 125 Å². The van der Waals surface area contributed by atoms with Gasteiger partial charge in [-0.05, 0) is 58.3 Å². The Morgan fingerprint density at radius 3 is 2.15 bits per heavy atom. The zero-order valence-corrected chi connectivity index (χ0v) is 14.3. The van der Waals surface area contributed by atoms with Crippen molar-refractivity contribution in [2.24, 2.45) is 23.1 Å². The van der Waals surface area contributed by atoms with Gasteiger partial charge in [0.15, 0.2) is 0 Å². The quantitative estimate of drug-likeness (QED) is 0.614. The summed E-state index contributed by atoms with van der Waals surface area (Å²) in [6.45, 7) is 13.7. The number of hydrogen-bond donors (Lipinski definition) is 2. The molecule has 0 aromatic heterocycles. The standard InChI is InChI=1S/C17H34N2O/c1-15(2)10-8-7-9-12(15)14(19-18)13-11-16(3,4)20-17(13,5)6/h12-14,19H,7-11,18H2,1-6H3. The number of nitrogens with one attached hydrogen (secondary N) is 1. The van der Waals surface area contributed by atoms with Gasteiger partial charge in [0, 0.05) is 12.0 Å². The zero-order valence-electron chi connectivity index (χ0n) is 14.3. The molecule has 0 bridgehead atoms. The van der Waals surface area contributed by atoms with Crippen LogP contribution in [0.15, 0.2) is 0 Å². The van der Waals surface area contributed by atoms with Crippen LogP contribution in [0, 0.1) is 17.3 Å². The highest BCUT2D eigenvalue weighted by atomic mass is 16.5. The minimum atomic E-state index is -0.103. The van der Waals surface area contributed by atoms with E-state index in [9.17, 15) is 0 Å². The zero-order chi connectivity index (χ0) is 15.2. The Kier molecular flexibility index (Phi) is 4.27. The van der Waals surface area contributed by atoms with Crippen LogP contribution in [0.1, 0.15) is 73.6 Å². The van der Waals surface area contributed by atoms with Gasteiger partial charge < -0.3 is 4.74 Å². The topological polar surface area (TPSA) is 47.3 Å². The van der Waals surface area contributed by atoms with Crippen LogP contribution in [0.2, 0.25) is 0 Å². The number of hydrogen-bond acceptors (Lipinski definition) is 3. The summed E-state index contributed by atoms with van der Waals surface area (Å²) in [7, 11) is 0. The second kappa shape index (κ2) is 5.26. The largest absolute Gasteiger partial charge is 0.369 e. The summed E-state index contributed by atoms with van der Waals surface area (Å²) >= 11 is 0. The Morgan fingerprint density at radius 2 is 1.70 bits per heavy atom. The lowest BCUT2D eigenvalue weighted by atomic mass is 9.62. The molecule has 3 nitrogen and oxygen atoms in total. The van der Waals surface area contributed by atoms with E-state index in [1.807, 2.05) is 0 Å². The first-order valence-corrected chi connectivity index (χ1v) is 8.25. The van der Waals surface area contributed by atoms with Crippen LogP contribution in [0.5, 0.6) is 0 Å². The molecule has 1 heterocycles. The summed E-state index contributed by atoms with van der Waals surface area (Å²) in [6, 6.07) is 0.349. The van der Waals surface area contributed by atoms with E-state index in [4.69, 9.17) is 10.6 Å². The molecule has 2 aliphatic rings. The van der Waals surface area contributed by atoms with Crippen LogP contribution < -0.4 is 11.3 Å². The molecule has 2 rings (SSSR count). The van der Waals surface area contributed by atoms with E-state index in [1.165, 1.54) is 25.7 Å². The van der Waals surface area contributed by atoms with Gasteiger partial charge in [0.1, 0.15) is 0 Å². The number of ether oxygens (including phenoxy) is 1. The lowest BCUT2D eigenvalue weighted by Crippen LogP contribution is -2.55. The van der Waals surface area contributed by atoms with Gasteiger partial charge in [-0.15, -0.1) is 0 Å². The number of rotatable bonds is 3. The van der Waals surface area contributed by atoms with Gasteiger partial charge in [-0.3, -0.25) is 11.3 Å². The molecule has 3 unspecified atom stereocenters. The summed E-state index contributed by atoms with van der Waals surface area (Å²) in [5, 5.41) is 0. The summed E-state index contributed by atoms with van der Waals surface area (Å²) < 4.78 is 6.29. The maximum Gasteiger partial charge on any atom is 0.0678 e. The summed E-state index contributed by atoms with van der Waals surface area (Å²) in [5.41, 5.74) is 3.41. The first-order valence-electron chi connectivity index (χ1n) is 8.25. The van der Waals surface area contributed by atoms with Gasteiger partial charge in [0.25, 0.3) is 0 Å². The van der Waals surface area contributed by atoms with Crippen molar-refractivity contribution in [2.45, 2.75) is 90.9 Å². The first kappa shape index (κ1) is 16.3. The molecule has 0 aromatic rings. The fraction of sp³-hybridized carbons (Fsp3) is 1.00. The maximum absolute atomic E-state index is 6.29. The second-order valence-electron chi connectivity index (χ2n) is 8.81. The second-order valence-corrected chi connectivity index (χ2v) is 8.81. The average Bonchev–Trinajstić information content (AvgIpc) is 2.50. The molecule has 1 saturated carbocycles. The van der Waals surface area contributed by atoms with Crippen LogP contribution in [-0.4, -0.2) is 17.2 Å². The van der Waals surface area contributed by atoms with E-state index < -0.39 is 0 Å². The minimum Gasteiger partial charge on any atom is -0.369 e. The van der Waals surface area contributed by atoms with E-state index in [1.54, 1.807) is 0 Å². The minimum absolute atomic E-state index is 0.0396. The van der Waals surface area contributed by atoms with Crippen LogP contribution in [0.3, 0.4) is 0 Å². The van der Waals surface area contributed by atoms with Gasteiger partial charge in [0.05, 0.1) is 11.2 Å². The Balaban J connectivity index is 2.24. The summed E-state index contributed by atoms with van der Waals surface area (Å²) in [4.78, 5) is 0. The smallest absolute Gasteiger partial charge is 0.0678 e. The van der Waals surface area contributed by atoms with E-state index in [2.05, 4.69) is 47.0 Å². The van der Waals surface area contributed by atoms with Crippen LogP contribution in [0.4, 0.5) is 0 Å². The molecule has 3 N–H and O–H groups in total. The molecule has 1 aliphatic carbocycles. The van der Waals surface area contributed by atoms with Crippen LogP contribution >= 0.6 is 0 Å². The lowest BCUT2D eigenvalue weighted by Gasteiger charge is -2.47. The van der Waals surface area contributed by atoms with E-state index >= 15 is 0 Å². The summed E-state index contributed by atoms with van der Waals surface area (Å²) in [5.74, 6) is 7.13. The number of hydrazine groups is 1. The predicted molar refractivity (Wildman–Crippen MR) is 84.2 cm³/mol. The molecule has 3 atom stereocenters. The molecular formula is C17H34N2O. The van der Waals surface area contributed by atoms with Gasteiger partial charge in [0.2, 0.25) is 0 Å². The molecule has 0 spiro atoms. The Morgan fingerprint density at radius 1 is 1.05 bits per heavy atom. The third-order valence-electron chi connectivity index (χ3n) is 5.79. The molecule has 1 aliphatic heterocycles. The molecule has 20 heavy (non-hydrogen) atoms. The van der Waals surface area contributed by atoms with E-state index in [-0.39, 0.29) is 11.2 Å². The molecule has 0 amide bonds. The molecular weight excluding hydrogens is 248 g/mol. The third-order valence-corrected chi connectivity index (χ3v) is 5.79. The lowest BCUT2D eigenvalue weighted by molar-refractivity contribution is -0.0833. The van der Waals surface area contributed by atoms with Crippen molar-refractivity contribution in [2.75, 3.05) is 0 Å². The van der Waals surface area contributed by atoms with Crippen molar-refractivity contribution in [1.29, 1.82) is 0 Å². The van der Waals surface area contributed by atoms with Crippen molar-refractivity contribution < 1.29 is 4.74 Å². The van der Waals surface area contributed by atoms with E-state index in [0.717, 1.165) is 6.42 Å². The normalized spacial score (nSPS) is 36.8. The van der Waals surface area contributed by atoms with Crippen molar-refractivity contribution in [3.8, 4) is 0 Å². The highest BCUT2D eigenvalue weighted by Gasteiger charge is 2.52. The predicted octanol–water partition coefficient (Wildman–Crippen LogP) is 3.63. The van der Waals surface area contributed by atoms with Gasteiger partial charge in [-0.2, -0.15) is 0 Å². The molecule has 2 fully saturated rings. The molecule has 1 saturated heterocycles. The number of nitrogens with two attached hydrogens (primary N) is 1. The molecule has 0 aromatic carbocycles. The van der Waals surface area contributed by atoms with Gasteiger partial charge >= 0.3 is 0 Å². The fourth-order valence-electron chi connectivity index (χ4n) is 4.86. The Bertz CT molecular complexity index is 349. The maximum atomic E-state index is 6.29. The van der Waals surface area contributed by atoms with Crippen molar-refractivity contribution >= 4 is 0 Å². The summed E-state index contributed by atoms with van der Waals surface area (Å²) in [6.07, 6.45) is 6.38. The van der Waals surface area contributed by atoms with Gasteiger partial charge in [-0.1, -0.05) is 26.7 Å². The van der Waals surface area contributed by atoms with Gasteiger partial charge in [-0.25, -0.2) is 0 Å². The monoisotopic (exact) mass is 282 g/mol. The average molecular weight is 282 g/mol.